The summed E-state index contributed by atoms with van der Waals surface area (Å²) in [5, 5.41) is 12.3. The second kappa shape index (κ2) is 6.29. The van der Waals surface area contributed by atoms with Crippen molar-refractivity contribution in [3.8, 4) is 0 Å². The summed E-state index contributed by atoms with van der Waals surface area (Å²) in [5.74, 6) is 3.09. The van der Waals surface area contributed by atoms with E-state index in [1.165, 1.54) is 30.6 Å². The first-order chi connectivity index (χ1) is 12.9. The van der Waals surface area contributed by atoms with Gasteiger partial charge in [-0.25, -0.2) is 0 Å². The highest BCUT2D eigenvalue weighted by molar-refractivity contribution is 7.10. The molecule has 3 heteroatoms. The number of aliphatic hydroxyl groups is 1. The maximum absolute atomic E-state index is 13.4. The molecule has 0 aliphatic heterocycles. The highest BCUT2D eigenvalue weighted by Gasteiger charge is 2.61. The summed E-state index contributed by atoms with van der Waals surface area (Å²) in [6, 6.07) is 4.19. The monoisotopic (exact) mass is 384 g/mol. The number of thiophene rings is 1. The Labute approximate surface area is 167 Å². The van der Waals surface area contributed by atoms with Crippen molar-refractivity contribution >= 4 is 23.2 Å². The van der Waals surface area contributed by atoms with Crippen molar-refractivity contribution < 1.29 is 9.90 Å². The highest BCUT2D eigenvalue weighted by atomic mass is 32.1. The van der Waals surface area contributed by atoms with Crippen LogP contribution in [0, 0.1) is 34.5 Å². The number of Topliss-reactive ketones (excluding diaryl/α,β-unsaturated/α-hetero) is 1. The number of carbonyl (C=O) groups excluding carboxylic acids is 1. The topological polar surface area (TPSA) is 37.3 Å². The Balaban J connectivity index is 1.46. The third-order valence-electron chi connectivity index (χ3n) is 9.14. The molecule has 4 aliphatic rings. The van der Waals surface area contributed by atoms with E-state index in [2.05, 4.69) is 37.4 Å². The Bertz CT molecular complexity index is 765. The standard InChI is InChI=1S/C24H32O2S/c1-23-9-7-17(25)14-16(23)5-6-19-20(23)8-10-24(2)21(19)13-15(22(24)26)12-18-4-3-11-27-18/h3-4,11-12,16-17,19-21,25H,5-10,13-14H2,1-2H3/b15-12+. The van der Waals surface area contributed by atoms with Gasteiger partial charge < -0.3 is 5.11 Å². The van der Waals surface area contributed by atoms with Gasteiger partial charge in [-0.3, -0.25) is 4.79 Å². The lowest BCUT2D eigenvalue weighted by atomic mass is 9.45. The van der Waals surface area contributed by atoms with E-state index in [1.54, 1.807) is 11.3 Å². The molecular formula is C24H32O2S. The number of allylic oxidation sites excluding steroid dienone is 1. The summed E-state index contributed by atoms with van der Waals surface area (Å²) in [4.78, 5) is 14.6. The average molecular weight is 385 g/mol. The van der Waals surface area contributed by atoms with Gasteiger partial charge in [-0.05, 0) is 104 Å². The number of carbonyl (C=O) groups is 1. The van der Waals surface area contributed by atoms with E-state index in [0.717, 1.165) is 37.2 Å². The first-order valence-corrected chi connectivity index (χ1v) is 11.8. The summed E-state index contributed by atoms with van der Waals surface area (Å²) in [6.45, 7) is 4.78. The molecule has 0 bridgehead atoms. The molecule has 1 N–H and O–H groups in total. The van der Waals surface area contributed by atoms with E-state index >= 15 is 0 Å². The molecule has 1 heterocycles. The van der Waals surface area contributed by atoms with E-state index in [0.29, 0.717) is 29.0 Å². The lowest BCUT2D eigenvalue weighted by molar-refractivity contribution is -0.141. The van der Waals surface area contributed by atoms with Gasteiger partial charge in [-0.15, -0.1) is 11.3 Å². The second-order valence-corrected chi connectivity index (χ2v) is 11.2. The minimum Gasteiger partial charge on any atom is -0.393 e. The van der Waals surface area contributed by atoms with Crippen molar-refractivity contribution in [3.05, 3.63) is 28.0 Å². The normalized spacial score (nSPS) is 48.2. The van der Waals surface area contributed by atoms with Crippen molar-refractivity contribution in [2.45, 2.75) is 71.3 Å². The number of fused-ring (bicyclic) bond motifs is 5. The quantitative estimate of drug-likeness (QED) is 0.629. The fraction of sp³-hybridized carbons (Fsp3) is 0.708. The Kier molecular flexibility index (Phi) is 4.22. The van der Waals surface area contributed by atoms with Gasteiger partial charge in [0.1, 0.15) is 0 Å². The van der Waals surface area contributed by atoms with Crippen molar-refractivity contribution in [1.82, 2.24) is 0 Å². The van der Waals surface area contributed by atoms with E-state index < -0.39 is 0 Å². The van der Waals surface area contributed by atoms with Gasteiger partial charge in [0.25, 0.3) is 0 Å². The molecule has 5 rings (SSSR count). The van der Waals surface area contributed by atoms with Gasteiger partial charge in [-0.2, -0.15) is 0 Å². The minimum absolute atomic E-state index is 0.0816. The summed E-state index contributed by atoms with van der Waals surface area (Å²) >= 11 is 1.73. The van der Waals surface area contributed by atoms with Crippen LogP contribution in [0.3, 0.4) is 0 Å². The third kappa shape index (κ3) is 2.64. The zero-order valence-corrected chi connectivity index (χ0v) is 17.4. The zero-order valence-electron chi connectivity index (χ0n) is 16.6. The molecule has 0 saturated heterocycles. The van der Waals surface area contributed by atoms with Gasteiger partial charge in [-0.1, -0.05) is 19.9 Å². The van der Waals surface area contributed by atoms with Crippen molar-refractivity contribution in [3.63, 3.8) is 0 Å². The number of hydrogen-bond acceptors (Lipinski definition) is 3. The van der Waals surface area contributed by atoms with Crippen LogP contribution in [-0.4, -0.2) is 17.0 Å². The highest BCUT2D eigenvalue weighted by Crippen LogP contribution is 2.66. The molecule has 0 radical (unpaired) electrons. The first-order valence-electron chi connectivity index (χ1n) is 10.9. The van der Waals surface area contributed by atoms with Crippen LogP contribution in [0.5, 0.6) is 0 Å². The molecule has 4 fully saturated rings. The SMILES string of the molecule is CC12CCC3C(CCC4CC(O)CCC43C)C1C/C(=C\c1cccs1)C2=O. The van der Waals surface area contributed by atoms with Gasteiger partial charge in [0.15, 0.2) is 5.78 Å². The lowest BCUT2D eigenvalue weighted by Crippen LogP contribution is -2.54. The molecule has 0 amide bonds. The molecule has 0 aromatic carbocycles. The zero-order chi connectivity index (χ0) is 18.8. The number of hydrogen-bond donors (Lipinski definition) is 1. The molecule has 7 unspecified atom stereocenters. The van der Waals surface area contributed by atoms with Crippen LogP contribution in [0.1, 0.15) is 70.1 Å². The maximum Gasteiger partial charge on any atom is 0.165 e. The molecule has 7 atom stereocenters. The maximum atomic E-state index is 13.4. The van der Waals surface area contributed by atoms with Crippen LogP contribution in [0.4, 0.5) is 0 Å². The van der Waals surface area contributed by atoms with Gasteiger partial charge >= 0.3 is 0 Å². The minimum atomic E-state index is -0.137. The van der Waals surface area contributed by atoms with Crippen LogP contribution in [0.25, 0.3) is 6.08 Å². The van der Waals surface area contributed by atoms with Gasteiger partial charge in [0.2, 0.25) is 0 Å². The molecule has 4 aliphatic carbocycles. The molecular weight excluding hydrogens is 352 g/mol. The van der Waals surface area contributed by atoms with Crippen LogP contribution in [-0.2, 0) is 4.79 Å². The summed E-state index contributed by atoms with van der Waals surface area (Å²) in [6.07, 6.45) is 11.0. The Morgan fingerprint density at radius 3 is 2.78 bits per heavy atom. The van der Waals surface area contributed by atoms with Crippen LogP contribution < -0.4 is 0 Å². The summed E-state index contributed by atoms with van der Waals surface area (Å²) in [5.41, 5.74) is 1.32. The van der Waals surface area contributed by atoms with Gasteiger partial charge in [0.05, 0.1) is 6.10 Å². The van der Waals surface area contributed by atoms with E-state index in [9.17, 15) is 9.90 Å². The summed E-state index contributed by atoms with van der Waals surface area (Å²) < 4.78 is 0. The molecule has 1 aromatic heterocycles. The predicted octanol–water partition coefficient (Wildman–Crippen LogP) is 5.71. The first kappa shape index (κ1) is 18.1. The predicted molar refractivity (Wildman–Crippen MR) is 110 cm³/mol. The fourth-order valence-electron chi connectivity index (χ4n) is 7.58. The molecule has 27 heavy (non-hydrogen) atoms. The van der Waals surface area contributed by atoms with Gasteiger partial charge in [0, 0.05) is 10.3 Å². The Morgan fingerprint density at radius 1 is 1.15 bits per heavy atom. The average Bonchev–Trinajstić information content (AvgIpc) is 3.24. The Morgan fingerprint density at radius 2 is 2.00 bits per heavy atom. The molecule has 0 spiro atoms. The molecule has 1 aromatic rings. The van der Waals surface area contributed by atoms with E-state index in [4.69, 9.17) is 0 Å². The van der Waals surface area contributed by atoms with Crippen LogP contribution in [0.15, 0.2) is 23.1 Å². The largest absolute Gasteiger partial charge is 0.393 e. The smallest absolute Gasteiger partial charge is 0.165 e. The summed E-state index contributed by atoms with van der Waals surface area (Å²) in [7, 11) is 0. The van der Waals surface area contributed by atoms with Crippen LogP contribution in [0.2, 0.25) is 0 Å². The van der Waals surface area contributed by atoms with Crippen molar-refractivity contribution in [1.29, 1.82) is 0 Å². The molecule has 146 valence electrons. The number of rotatable bonds is 1. The second-order valence-electron chi connectivity index (χ2n) is 10.3. The Hall–Kier alpha value is -0.930. The van der Waals surface area contributed by atoms with Crippen molar-refractivity contribution in [2.24, 2.45) is 34.5 Å². The number of ketones is 1. The third-order valence-corrected chi connectivity index (χ3v) is 9.96. The van der Waals surface area contributed by atoms with Crippen LogP contribution >= 0.6 is 11.3 Å². The van der Waals surface area contributed by atoms with E-state index in [1.807, 2.05) is 0 Å². The van der Waals surface area contributed by atoms with E-state index in [-0.39, 0.29) is 11.5 Å². The lowest BCUT2D eigenvalue weighted by Gasteiger charge is -2.59. The molecule has 4 saturated carbocycles. The molecule has 2 nitrogen and oxygen atoms in total. The fourth-order valence-corrected chi connectivity index (χ4v) is 8.26. The van der Waals surface area contributed by atoms with Crippen molar-refractivity contribution in [2.75, 3.05) is 0 Å². The number of aliphatic hydroxyl groups excluding tert-OH is 1.